The van der Waals surface area contributed by atoms with Gasteiger partial charge in [0.05, 0.1) is 12.5 Å². The normalized spacial score (nSPS) is 17.9. The van der Waals surface area contributed by atoms with E-state index in [2.05, 4.69) is 16.1 Å². The molecule has 0 N–H and O–H groups in total. The molecule has 0 saturated carbocycles. The molecule has 2 rings (SSSR count). The van der Waals surface area contributed by atoms with Crippen LogP contribution in [0, 0.1) is 17.2 Å². The number of carbonyl (C=O) groups excluding carboxylic acids is 1. The van der Waals surface area contributed by atoms with Gasteiger partial charge in [-0.25, -0.2) is 0 Å². The van der Waals surface area contributed by atoms with E-state index in [9.17, 15) is 4.79 Å². The first-order chi connectivity index (χ1) is 9.24. The summed E-state index contributed by atoms with van der Waals surface area (Å²) >= 11 is 0. The number of carbonyl (C=O) groups is 1. The maximum atomic E-state index is 11.9. The molecule has 1 unspecified atom stereocenters. The van der Waals surface area contributed by atoms with E-state index in [0.717, 1.165) is 11.3 Å². The Morgan fingerprint density at radius 3 is 3.16 bits per heavy atom. The van der Waals surface area contributed by atoms with Gasteiger partial charge >= 0.3 is 0 Å². The topological polar surface area (TPSA) is 92.9 Å². The Kier molecular flexibility index (Phi) is 4.01. The largest absolute Gasteiger partial charge is 0.312 e. The van der Waals surface area contributed by atoms with Crippen molar-refractivity contribution in [1.82, 2.24) is 0 Å². The zero-order valence-corrected chi connectivity index (χ0v) is 10.4. The number of rotatable bonds is 4. The van der Waals surface area contributed by atoms with E-state index in [0.29, 0.717) is 25.9 Å². The molecule has 1 aliphatic rings. The number of benzene rings is 1. The Morgan fingerprint density at radius 2 is 2.42 bits per heavy atom. The summed E-state index contributed by atoms with van der Waals surface area (Å²) in [5.41, 5.74) is 10.0. The van der Waals surface area contributed by atoms with Gasteiger partial charge in [0.15, 0.2) is 0 Å². The molecule has 6 heteroatoms. The molecule has 1 atom stereocenters. The minimum Gasteiger partial charge on any atom is -0.312 e. The smallest absolute Gasteiger partial charge is 0.227 e. The molecule has 0 aromatic heterocycles. The van der Waals surface area contributed by atoms with Crippen LogP contribution in [0.2, 0.25) is 0 Å². The Balaban J connectivity index is 2.13. The van der Waals surface area contributed by atoms with E-state index in [4.69, 9.17) is 10.8 Å². The molecule has 0 spiro atoms. The minimum absolute atomic E-state index is 0.0345. The van der Waals surface area contributed by atoms with Crippen LogP contribution in [0.4, 0.5) is 5.69 Å². The summed E-state index contributed by atoms with van der Waals surface area (Å²) in [7, 11) is 0. The second-order valence-electron chi connectivity index (χ2n) is 4.49. The van der Waals surface area contributed by atoms with Gasteiger partial charge in [-0.05, 0) is 29.1 Å². The standard InChI is InChI=1S/C13H13N5O/c14-5-4-10-2-1-3-12(6-10)18-9-11(7-13(18)19)8-16-17-15/h1-3,6,11H,4,7-9H2. The van der Waals surface area contributed by atoms with Gasteiger partial charge in [0.2, 0.25) is 5.91 Å². The molecule has 1 heterocycles. The van der Waals surface area contributed by atoms with Crippen LogP contribution in [0.1, 0.15) is 12.0 Å². The van der Waals surface area contributed by atoms with Crippen LogP contribution in [0.5, 0.6) is 0 Å². The van der Waals surface area contributed by atoms with E-state index < -0.39 is 0 Å². The second kappa shape index (κ2) is 5.89. The van der Waals surface area contributed by atoms with E-state index >= 15 is 0 Å². The van der Waals surface area contributed by atoms with Gasteiger partial charge in [0.25, 0.3) is 0 Å². The number of azide groups is 1. The third kappa shape index (κ3) is 3.03. The average Bonchev–Trinajstić information content (AvgIpc) is 2.78. The van der Waals surface area contributed by atoms with E-state index in [1.165, 1.54) is 0 Å². The lowest BCUT2D eigenvalue weighted by molar-refractivity contribution is -0.117. The third-order valence-electron chi connectivity index (χ3n) is 3.11. The zero-order valence-electron chi connectivity index (χ0n) is 10.4. The number of hydrogen-bond donors (Lipinski definition) is 0. The summed E-state index contributed by atoms with van der Waals surface area (Å²) < 4.78 is 0. The average molecular weight is 255 g/mol. The summed E-state index contributed by atoms with van der Waals surface area (Å²) in [5.74, 6) is 0.107. The fraction of sp³-hybridized carbons (Fsp3) is 0.385. The summed E-state index contributed by atoms with van der Waals surface area (Å²) in [6.07, 6.45) is 0.736. The maximum absolute atomic E-state index is 11.9. The van der Waals surface area contributed by atoms with Crippen LogP contribution in [-0.4, -0.2) is 19.0 Å². The quantitative estimate of drug-likeness (QED) is 0.469. The highest BCUT2D eigenvalue weighted by atomic mass is 16.2. The van der Waals surface area contributed by atoms with Gasteiger partial charge in [-0.15, -0.1) is 0 Å². The van der Waals surface area contributed by atoms with E-state index in [-0.39, 0.29) is 11.8 Å². The summed E-state index contributed by atoms with van der Waals surface area (Å²) in [4.78, 5) is 16.4. The van der Waals surface area contributed by atoms with Crippen molar-refractivity contribution in [1.29, 1.82) is 5.26 Å². The molecule has 1 aromatic carbocycles. The van der Waals surface area contributed by atoms with Gasteiger partial charge in [-0.1, -0.05) is 17.2 Å². The predicted octanol–water partition coefficient (Wildman–Crippen LogP) is 2.42. The van der Waals surface area contributed by atoms with Crippen LogP contribution in [0.25, 0.3) is 10.4 Å². The summed E-state index contributed by atoms with van der Waals surface area (Å²) in [6, 6.07) is 9.51. The summed E-state index contributed by atoms with van der Waals surface area (Å²) in [6.45, 7) is 0.907. The summed E-state index contributed by atoms with van der Waals surface area (Å²) in [5, 5.41) is 12.2. The Morgan fingerprint density at radius 1 is 1.58 bits per heavy atom. The Labute approximate surface area is 110 Å². The van der Waals surface area contributed by atoms with Crippen molar-refractivity contribution in [2.45, 2.75) is 12.8 Å². The molecule has 6 nitrogen and oxygen atoms in total. The molecule has 96 valence electrons. The zero-order chi connectivity index (χ0) is 13.7. The lowest BCUT2D eigenvalue weighted by atomic mass is 10.1. The van der Waals surface area contributed by atoms with Crippen LogP contribution >= 0.6 is 0 Å². The molecular weight excluding hydrogens is 242 g/mol. The molecule has 1 aromatic rings. The van der Waals surface area contributed by atoms with Gasteiger partial charge in [0, 0.05) is 30.1 Å². The first kappa shape index (κ1) is 12.9. The van der Waals surface area contributed by atoms with E-state index in [1.807, 2.05) is 24.3 Å². The highest BCUT2D eigenvalue weighted by Gasteiger charge is 2.29. The lowest BCUT2D eigenvalue weighted by Crippen LogP contribution is -2.24. The van der Waals surface area contributed by atoms with Crippen LogP contribution in [-0.2, 0) is 11.2 Å². The van der Waals surface area contributed by atoms with Crippen molar-refractivity contribution < 1.29 is 4.79 Å². The van der Waals surface area contributed by atoms with Crippen LogP contribution in [0.15, 0.2) is 29.4 Å². The Hall–Kier alpha value is -2.51. The van der Waals surface area contributed by atoms with E-state index in [1.54, 1.807) is 4.90 Å². The van der Waals surface area contributed by atoms with Crippen molar-refractivity contribution in [3.63, 3.8) is 0 Å². The van der Waals surface area contributed by atoms with Crippen molar-refractivity contribution in [3.8, 4) is 6.07 Å². The van der Waals surface area contributed by atoms with Crippen molar-refractivity contribution in [3.05, 3.63) is 40.3 Å². The lowest BCUT2D eigenvalue weighted by Gasteiger charge is -2.17. The number of anilines is 1. The van der Waals surface area contributed by atoms with Crippen molar-refractivity contribution >= 4 is 11.6 Å². The number of nitrogens with zero attached hydrogens (tertiary/aromatic N) is 5. The highest BCUT2D eigenvalue weighted by Crippen LogP contribution is 2.26. The van der Waals surface area contributed by atoms with Gasteiger partial charge in [0.1, 0.15) is 0 Å². The highest BCUT2D eigenvalue weighted by molar-refractivity contribution is 5.95. The predicted molar refractivity (Wildman–Crippen MR) is 70.2 cm³/mol. The SMILES string of the molecule is N#CCc1cccc(N2CC(CN=[N+]=[N-])CC2=O)c1. The van der Waals surface area contributed by atoms with Gasteiger partial charge < -0.3 is 4.90 Å². The third-order valence-corrected chi connectivity index (χ3v) is 3.11. The molecule has 1 fully saturated rings. The molecule has 1 saturated heterocycles. The van der Waals surface area contributed by atoms with Crippen LogP contribution < -0.4 is 4.90 Å². The second-order valence-corrected chi connectivity index (χ2v) is 4.49. The number of nitriles is 1. The molecule has 1 amide bonds. The molecule has 0 aliphatic carbocycles. The van der Waals surface area contributed by atoms with Crippen LogP contribution in [0.3, 0.4) is 0 Å². The number of amides is 1. The monoisotopic (exact) mass is 255 g/mol. The van der Waals surface area contributed by atoms with Gasteiger partial charge in [-0.3, -0.25) is 4.79 Å². The fourth-order valence-electron chi connectivity index (χ4n) is 2.23. The van der Waals surface area contributed by atoms with Gasteiger partial charge in [-0.2, -0.15) is 5.26 Å². The minimum atomic E-state index is 0.0345. The molecule has 0 bridgehead atoms. The molecule has 1 aliphatic heterocycles. The van der Waals surface area contributed by atoms with Crippen molar-refractivity contribution in [2.75, 3.05) is 18.0 Å². The fourth-order valence-corrected chi connectivity index (χ4v) is 2.23. The maximum Gasteiger partial charge on any atom is 0.227 e. The first-order valence-corrected chi connectivity index (χ1v) is 6.01. The molecule has 19 heavy (non-hydrogen) atoms. The molecular formula is C13H13N5O. The first-order valence-electron chi connectivity index (χ1n) is 6.01. The molecule has 0 radical (unpaired) electrons. The number of hydrogen-bond acceptors (Lipinski definition) is 3. The Bertz CT molecular complexity index is 571. The van der Waals surface area contributed by atoms with Crippen molar-refractivity contribution in [2.24, 2.45) is 11.0 Å².